The van der Waals surface area contributed by atoms with Gasteiger partial charge in [0.2, 0.25) is 5.91 Å². The lowest BCUT2D eigenvalue weighted by Crippen LogP contribution is -2.40. The van der Waals surface area contributed by atoms with Crippen molar-refractivity contribution in [3.63, 3.8) is 0 Å². The number of hydrogen-bond acceptors (Lipinski definition) is 2. The number of carbonyl (C=O) groups excluding carboxylic acids is 1. The van der Waals surface area contributed by atoms with Crippen molar-refractivity contribution in [1.82, 2.24) is 5.32 Å². The van der Waals surface area contributed by atoms with E-state index in [1.807, 2.05) is 6.92 Å². The van der Waals surface area contributed by atoms with Crippen LogP contribution in [0.3, 0.4) is 0 Å². The van der Waals surface area contributed by atoms with E-state index in [0.717, 1.165) is 6.54 Å². The molecule has 0 unspecified atom stereocenters. The van der Waals surface area contributed by atoms with Gasteiger partial charge in [0.15, 0.2) is 0 Å². The van der Waals surface area contributed by atoms with Crippen molar-refractivity contribution < 1.29 is 18.0 Å². The molecule has 1 heterocycles. The fourth-order valence-electron chi connectivity index (χ4n) is 2.62. The van der Waals surface area contributed by atoms with E-state index in [-0.39, 0.29) is 41.5 Å². The Balaban J connectivity index is 0.00000242. The molecular weight excluding hydrogens is 317 g/mol. The summed E-state index contributed by atoms with van der Waals surface area (Å²) >= 11 is 0. The average Bonchev–Trinajstić information content (AvgIpc) is 2.39. The van der Waals surface area contributed by atoms with Gasteiger partial charge < -0.3 is 10.6 Å². The van der Waals surface area contributed by atoms with Crippen molar-refractivity contribution in [2.24, 2.45) is 5.92 Å². The highest BCUT2D eigenvalue weighted by Gasteiger charge is 2.30. The molecule has 7 heteroatoms. The molecule has 22 heavy (non-hydrogen) atoms. The molecule has 1 aliphatic rings. The molecule has 2 atom stereocenters. The minimum atomic E-state index is -4.29. The molecule has 0 radical (unpaired) electrons. The summed E-state index contributed by atoms with van der Waals surface area (Å²) in [5.41, 5.74) is 0.353. The first kappa shape index (κ1) is 18.8. The topological polar surface area (TPSA) is 41.1 Å². The van der Waals surface area contributed by atoms with Crippen LogP contribution in [0.2, 0.25) is 0 Å². The van der Waals surface area contributed by atoms with Crippen molar-refractivity contribution in [1.29, 1.82) is 0 Å². The van der Waals surface area contributed by atoms with Gasteiger partial charge in [0.25, 0.3) is 0 Å². The van der Waals surface area contributed by atoms with E-state index >= 15 is 0 Å². The van der Waals surface area contributed by atoms with Crippen LogP contribution in [0.4, 0.5) is 18.9 Å². The zero-order valence-electron chi connectivity index (χ0n) is 12.2. The molecule has 124 valence electrons. The number of hydrogen-bond donors (Lipinski definition) is 2. The van der Waals surface area contributed by atoms with Crippen molar-refractivity contribution in [3.05, 3.63) is 29.8 Å². The van der Waals surface area contributed by atoms with Gasteiger partial charge in [-0.2, -0.15) is 13.2 Å². The number of alkyl halides is 3. The Morgan fingerprint density at radius 3 is 2.68 bits per heavy atom. The lowest BCUT2D eigenvalue weighted by molar-refractivity contribution is -0.127. The second-order valence-corrected chi connectivity index (χ2v) is 5.51. The van der Waals surface area contributed by atoms with E-state index in [4.69, 9.17) is 0 Å². The van der Waals surface area contributed by atoms with Gasteiger partial charge in [0.1, 0.15) is 0 Å². The Hall–Kier alpha value is -1.27. The van der Waals surface area contributed by atoms with E-state index in [0.29, 0.717) is 12.8 Å². The molecule has 0 saturated carbocycles. The van der Waals surface area contributed by atoms with Gasteiger partial charge in [-0.3, -0.25) is 4.79 Å². The van der Waals surface area contributed by atoms with E-state index in [1.165, 1.54) is 12.1 Å². The maximum Gasteiger partial charge on any atom is 0.393 e. The summed E-state index contributed by atoms with van der Waals surface area (Å²) in [4.78, 5) is 12.2. The third-order valence-electron chi connectivity index (χ3n) is 3.66. The summed E-state index contributed by atoms with van der Waals surface area (Å²) < 4.78 is 37.6. The van der Waals surface area contributed by atoms with Crippen molar-refractivity contribution in [2.75, 3.05) is 11.9 Å². The van der Waals surface area contributed by atoms with E-state index in [9.17, 15) is 18.0 Å². The average molecular weight is 337 g/mol. The molecule has 1 saturated heterocycles. The number of anilines is 1. The van der Waals surface area contributed by atoms with Gasteiger partial charge in [0, 0.05) is 17.6 Å². The van der Waals surface area contributed by atoms with E-state index in [2.05, 4.69) is 10.6 Å². The molecule has 0 bridgehead atoms. The van der Waals surface area contributed by atoms with Crippen LogP contribution in [0.15, 0.2) is 24.3 Å². The van der Waals surface area contributed by atoms with Crippen LogP contribution in [0.5, 0.6) is 0 Å². The zero-order valence-corrected chi connectivity index (χ0v) is 13.1. The molecule has 1 fully saturated rings. The summed E-state index contributed by atoms with van der Waals surface area (Å²) in [6, 6.07) is 6.33. The highest BCUT2D eigenvalue weighted by Crippen LogP contribution is 2.27. The Morgan fingerprint density at radius 2 is 2.05 bits per heavy atom. The standard InChI is InChI=1S/C15H19F3N2O.ClH/c1-10-8-11(6-7-19-10)14(21)20-13-5-3-2-4-12(13)9-15(16,17)18;/h2-5,10-11,19H,6-9H2,1H3,(H,20,21);1H/t10-,11-;/m0./s1. The second kappa shape index (κ2) is 7.83. The van der Waals surface area contributed by atoms with E-state index < -0.39 is 12.6 Å². The minimum Gasteiger partial charge on any atom is -0.326 e. The normalized spacial score (nSPS) is 21.8. The maximum absolute atomic E-state index is 12.5. The predicted molar refractivity (Wildman–Crippen MR) is 82.3 cm³/mol. The Bertz CT molecular complexity index is 508. The Morgan fingerprint density at radius 1 is 1.36 bits per heavy atom. The number of para-hydroxylation sites is 1. The summed E-state index contributed by atoms with van der Waals surface area (Å²) in [6.07, 6.45) is -3.92. The number of carbonyl (C=O) groups is 1. The number of halogens is 4. The largest absolute Gasteiger partial charge is 0.393 e. The van der Waals surface area contributed by atoms with Crippen LogP contribution in [0.1, 0.15) is 25.3 Å². The molecule has 2 rings (SSSR count). The molecule has 0 aliphatic carbocycles. The number of amides is 1. The number of benzene rings is 1. The van der Waals surface area contributed by atoms with Crippen LogP contribution in [-0.2, 0) is 11.2 Å². The van der Waals surface area contributed by atoms with E-state index in [1.54, 1.807) is 12.1 Å². The highest BCUT2D eigenvalue weighted by atomic mass is 35.5. The monoisotopic (exact) mass is 336 g/mol. The molecule has 1 aliphatic heterocycles. The summed E-state index contributed by atoms with van der Waals surface area (Å²) in [5, 5.41) is 5.90. The lowest BCUT2D eigenvalue weighted by atomic mass is 9.92. The fraction of sp³-hybridized carbons (Fsp3) is 0.533. The van der Waals surface area contributed by atoms with Gasteiger partial charge >= 0.3 is 6.18 Å². The highest BCUT2D eigenvalue weighted by molar-refractivity contribution is 5.93. The molecule has 1 aromatic rings. The second-order valence-electron chi connectivity index (χ2n) is 5.51. The molecule has 1 aromatic carbocycles. The number of nitrogens with one attached hydrogen (secondary N) is 2. The van der Waals surface area contributed by atoms with Crippen LogP contribution in [0, 0.1) is 5.92 Å². The first-order chi connectivity index (χ1) is 9.85. The SMILES string of the molecule is C[C@H]1C[C@@H](C(=O)Nc2ccccc2CC(F)(F)F)CCN1.Cl. The van der Waals surface area contributed by atoms with Crippen LogP contribution >= 0.6 is 12.4 Å². The van der Waals surface area contributed by atoms with Gasteiger partial charge in [-0.05, 0) is 37.9 Å². The van der Waals surface area contributed by atoms with Crippen molar-refractivity contribution >= 4 is 24.0 Å². The maximum atomic E-state index is 12.5. The van der Waals surface area contributed by atoms with Crippen LogP contribution in [-0.4, -0.2) is 24.7 Å². The molecule has 0 aromatic heterocycles. The molecular formula is C15H20ClF3N2O. The fourth-order valence-corrected chi connectivity index (χ4v) is 2.62. The molecule has 0 spiro atoms. The summed E-state index contributed by atoms with van der Waals surface area (Å²) in [7, 11) is 0. The predicted octanol–water partition coefficient (Wildman–Crippen LogP) is 3.54. The summed E-state index contributed by atoms with van der Waals surface area (Å²) in [6.45, 7) is 2.75. The van der Waals surface area contributed by atoms with Gasteiger partial charge in [-0.15, -0.1) is 12.4 Å². The quantitative estimate of drug-likeness (QED) is 0.886. The Kier molecular flexibility index (Phi) is 6.68. The van der Waals surface area contributed by atoms with Crippen molar-refractivity contribution in [3.8, 4) is 0 Å². The number of piperidine rings is 1. The molecule has 2 N–H and O–H groups in total. The molecule has 1 amide bonds. The Labute approximate surface area is 134 Å². The van der Waals surface area contributed by atoms with Crippen molar-refractivity contribution in [2.45, 2.75) is 38.4 Å². The zero-order chi connectivity index (χ0) is 15.5. The smallest absolute Gasteiger partial charge is 0.326 e. The van der Waals surface area contributed by atoms with Crippen LogP contribution < -0.4 is 10.6 Å². The minimum absolute atomic E-state index is 0. The van der Waals surface area contributed by atoms with Gasteiger partial charge in [-0.25, -0.2) is 0 Å². The van der Waals surface area contributed by atoms with Gasteiger partial charge in [-0.1, -0.05) is 18.2 Å². The van der Waals surface area contributed by atoms with Gasteiger partial charge in [0.05, 0.1) is 6.42 Å². The number of rotatable bonds is 3. The summed E-state index contributed by atoms with van der Waals surface area (Å²) in [5.74, 6) is -0.349. The lowest BCUT2D eigenvalue weighted by Gasteiger charge is -2.27. The third-order valence-corrected chi connectivity index (χ3v) is 3.66. The van der Waals surface area contributed by atoms with Crippen LogP contribution in [0.25, 0.3) is 0 Å². The third kappa shape index (κ3) is 5.50. The first-order valence-electron chi connectivity index (χ1n) is 7.04. The molecule has 3 nitrogen and oxygen atoms in total. The first-order valence-corrected chi connectivity index (χ1v) is 7.04.